The third-order valence-corrected chi connectivity index (χ3v) is 4.04. The van der Waals surface area contributed by atoms with Gasteiger partial charge in [-0.1, -0.05) is 0 Å². The molecule has 0 radical (unpaired) electrons. The van der Waals surface area contributed by atoms with Gasteiger partial charge >= 0.3 is 6.03 Å². The Labute approximate surface area is 166 Å². The normalized spacial score (nSPS) is 10.3. The first-order chi connectivity index (χ1) is 14.0. The van der Waals surface area contributed by atoms with Crippen LogP contribution in [-0.4, -0.2) is 40.5 Å². The standard InChI is InChI=1S/C20H19FN6O2/c1-3-25-20(29)27-18-6-16(13-5-15(21)10-24-8-13)17(11-26-18)12-4-14(9-23-7-12)19(28)22-2/h4-11H,3H2,1-2H3,(H,22,28)(H2,25,26,27,29). The Morgan fingerprint density at radius 3 is 2.38 bits per heavy atom. The smallest absolute Gasteiger partial charge is 0.320 e. The Morgan fingerprint density at radius 2 is 1.69 bits per heavy atom. The maximum atomic E-state index is 13.8. The molecule has 3 amide bonds. The molecule has 0 spiro atoms. The second-order valence-electron chi connectivity index (χ2n) is 6.03. The van der Waals surface area contributed by atoms with Crippen LogP contribution in [0.15, 0.2) is 49.2 Å². The molecule has 8 nitrogen and oxygen atoms in total. The lowest BCUT2D eigenvalue weighted by Crippen LogP contribution is -2.28. The van der Waals surface area contributed by atoms with E-state index in [0.717, 1.165) is 6.20 Å². The molecule has 29 heavy (non-hydrogen) atoms. The molecule has 0 atom stereocenters. The van der Waals surface area contributed by atoms with Crippen molar-refractivity contribution in [1.29, 1.82) is 0 Å². The zero-order valence-electron chi connectivity index (χ0n) is 15.9. The van der Waals surface area contributed by atoms with Crippen molar-refractivity contribution in [2.75, 3.05) is 18.9 Å². The number of anilines is 1. The highest BCUT2D eigenvalue weighted by atomic mass is 19.1. The zero-order valence-corrected chi connectivity index (χ0v) is 15.9. The summed E-state index contributed by atoms with van der Waals surface area (Å²) in [5.74, 6) is -0.495. The number of carbonyl (C=O) groups is 2. The number of aromatic nitrogens is 3. The molecule has 3 rings (SSSR count). The van der Waals surface area contributed by atoms with Gasteiger partial charge < -0.3 is 10.6 Å². The molecule has 0 aliphatic heterocycles. The minimum Gasteiger partial charge on any atom is -0.355 e. The Kier molecular flexibility index (Phi) is 6.08. The fourth-order valence-electron chi connectivity index (χ4n) is 2.73. The number of carbonyl (C=O) groups excluding carboxylic acids is 2. The van der Waals surface area contributed by atoms with Gasteiger partial charge in [-0.15, -0.1) is 0 Å². The molecule has 0 bridgehead atoms. The third kappa shape index (κ3) is 4.70. The molecule has 3 N–H and O–H groups in total. The molecule has 0 aliphatic carbocycles. The minimum atomic E-state index is -0.499. The Balaban J connectivity index is 2.11. The van der Waals surface area contributed by atoms with E-state index in [1.807, 2.05) is 0 Å². The summed E-state index contributed by atoms with van der Waals surface area (Å²) < 4.78 is 13.8. The third-order valence-electron chi connectivity index (χ3n) is 4.04. The van der Waals surface area contributed by atoms with Crippen LogP contribution in [0.4, 0.5) is 15.0 Å². The van der Waals surface area contributed by atoms with Crippen LogP contribution < -0.4 is 16.0 Å². The Bertz CT molecular complexity index is 1060. The van der Waals surface area contributed by atoms with Crippen molar-refractivity contribution in [3.8, 4) is 22.3 Å². The van der Waals surface area contributed by atoms with Gasteiger partial charge in [-0.2, -0.15) is 0 Å². The topological polar surface area (TPSA) is 109 Å². The zero-order chi connectivity index (χ0) is 20.8. The highest BCUT2D eigenvalue weighted by Gasteiger charge is 2.14. The summed E-state index contributed by atoms with van der Waals surface area (Å²) in [6, 6.07) is 4.21. The molecule has 3 heterocycles. The number of urea groups is 1. The average molecular weight is 394 g/mol. The molecular weight excluding hydrogens is 375 g/mol. The van der Waals surface area contributed by atoms with Gasteiger partial charge in [-0.25, -0.2) is 14.2 Å². The second kappa shape index (κ2) is 8.87. The van der Waals surface area contributed by atoms with Crippen LogP contribution in [0.2, 0.25) is 0 Å². The molecule has 148 valence electrons. The molecule has 0 fully saturated rings. The number of amides is 3. The molecule has 0 aliphatic rings. The van der Waals surface area contributed by atoms with Crippen LogP contribution in [0.5, 0.6) is 0 Å². The first-order valence-electron chi connectivity index (χ1n) is 8.85. The second-order valence-corrected chi connectivity index (χ2v) is 6.03. The van der Waals surface area contributed by atoms with E-state index in [4.69, 9.17) is 0 Å². The maximum Gasteiger partial charge on any atom is 0.320 e. The quantitative estimate of drug-likeness (QED) is 0.617. The van der Waals surface area contributed by atoms with E-state index >= 15 is 0 Å². The Hall–Kier alpha value is -3.88. The summed E-state index contributed by atoms with van der Waals surface area (Å²) in [5.41, 5.74) is 2.67. The number of nitrogens with one attached hydrogen (secondary N) is 3. The maximum absolute atomic E-state index is 13.8. The fraction of sp³-hybridized carbons (Fsp3) is 0.150. The van der Waals surface area contributed by atoms with E-state index in [-0.39, 0.29) is 11.7 Å². The van der Waals surface area contributed by atoms with Gasteiger partial charge in [0.05, 0.1) is 11.8 Å². The first kappa shape index (κ1) is 19.9. The van der Waals surface area contributed by atoms with Crippen molar-refractivity contribution in [2.45, 2.75) is 6.92 Å². The number of rotatable bonds is 5. The van der Waals surface area contributed by atoms with E-state index < -0.39 is 11.8 Å². The first-order valence-corrected chi connectivity index (χ1v) is 8.85. The molecule has 0 saturated heterocycles. The van der Waals surface area contributed by atoms with Crippen LogP contribution in [0.25, 0.3) is 22.3 Å². The largest absolute Gasteiger partial charge is 0.355 e. The molecule has 0 aromatic carbocycles. The van der Waals surface area contributed by atoms with Crippen LogP contribution in [0.3, 0.4) is 0 Å². The van der Waals surface area contributed by atoms with E-state index in [1.54, 1.807) is 25.3 Å². The van der Waals surface area contributed by atoms with Crippen LogP contribution in [0.1, 0.15) is 17.3 Å². The van der Waals surface area contributed by atoms with Crippen molar-refractivity contribution < 1.29 is 14.0 Å². The van der Waals surface area contributed by atoms with E-state index in [0.29, 0.717) is 34.4 Å². The molecular formula is C20H19FN6O2. The molecule has 3 aromatic heterocycles. The highest BCUT2D eigenvalue weighted by Crippen LogP contribution is 2.33. The van der Waals surface area contributed by atoms with Gasteiger partial charge in [0.1, 0.15) is 11.6 Å². The van der Waals surface area contributed by atoms with E-state index in [1.165, 1.54) is 31.7 Å². The monoisotopic (exact) mass is 394 g/mol. The number of hydrogen-bond acceptors (Lipinski definition) is 5. The van der Waals surface area contributed by atoms with Gasteiger partial charge in [0, 0.05) is 55.1 Å². The molecule has 0 saturated carbocycles. The summed E-state index contributed by atoms with van der Waals surface area (Å²) in [7, 11) is 1.53. The summed E-state index contributed by atoms with van der Waals surface area (Å²) in [6.45, 7) is 2.26. The number of hydrogen-bond donors (Lipinski definition) is 3. The number of pyridine rings is 3. The fourth-order valence-corrected chi connectivity index (χ4v) is 2.73. The van der Waals surface area contributed by atoms with Crippen molar-refractivity contribution >= 4 is 17.8 Å². The highest BCUT2D eigenvalue weighted by molar-refractivity contribution is 5.96. The summed E-state index contributed by atoms with van der Waals surface area (Å²) in [5, 5.41) is 7.80. The lowest BCUT2D eigenvalue weighted by Gasteiger charge is -2.13. The predicted octanol–water partition coefficient (Wildman–Crippen LogP) is 2.85. The number of halogens is 1. The van der Waals surface area contributed by atoms with Gasteiger partial charge in [-0.3, -0.25) is 20.1 Å². The summed E-state index contributed by atoms with van der Waals surface area (Å²) in [4.78, 5) is 36.1. The SMILES string of the molecule is CCNC(=O)Nc1cc(-c2cncc(F)c2)c(-c2cncc(C(=O)NC)c2)cn1. The minimum absolute atomic E-state index is 0.282. The van der Waals surface area contributed by atoms with E-state index in [2.05, 4.69) is 30.9 Å². The molecule has 3 aromatic rings. The van der Waals surface area contributed by atoms with Crippen molar-refractivity contribution in [3.63, 3.8) is 0 Å². The van der Waals surface area contributed by atoms with Crippen LogP contribution in [0, 0.1) is 5.82 Å². The van der Waals surface area contributed by atoms with E-state index in [9.17, 15) is 14.0 Å². The van der Waals surface area contributed by atoms with Crippen molar-refractivity contribution in [2.24, 2.45) is 0 Å². The average Bonchev–Trinajstić information content (AvgIpc) is 2.73. The van der Waals surface area contributed by atoms with Gasteiger partial charge in [0.15, 0.2) is 0 Å². The van der Waals surface area contributed by atoms with Crippen LogP contribution >= 0.6 is 0 Å². The summed E-state index contributed by atoms with van der Waals surface area (Å²) in [6.07, 6.45) is 7.17. The molecule has 0 unspecified atom stereocenters. The Morgan fingerprint density at radius 1 is 0.966 bits per heavy atom. The van der Waals surface area contributed by atoms with Crippen LogP contribution in [-0.2, 0) is 0 Å². The lowest BCUT2D eigenvalue weighted by molar-refractivity contribution is 0.0962. The molecule has 9 heteroatoms. The van der Waals surface area contributed by atoms with Gasteiger partial charge in [0.2, 0.25) is 0 Å². The van der Waals surface area contributed by atoms with Crippen molar-refractivity contribution in [3.05, 3.63) is 60.6 Å². The van der Waals surface area contributed by atoms with Crippen molar-refractivity contribution in [1.82, 2.24) is 25.6 Å². The summed E-state index contributed by atoms with van der Waals surface area (Å²) >= 11 is 0. The number of nitrogens with zero attached hydrogens (tertiary/aromatic N) is 3. The lowest BCUT2D eigenvalue weighted by atomic mass is 9.97. The van der Waals surface area contributed by atoms with Gasteiger partial charge in [0.25, 0.3) is 5.91 Å². The predicted molar refractivity (Wildman–Crippen MR) is 107 cm³/mol. The van der Waals surface area contributed by atoms with Gasteiger partial charge in [-0.05, 0) is 30.7 Å².